The van der Waals surface area contributed by atoms with E-state index in [1.54, 1.807) is 0 Å². The van der Waals surface area contributed by atoms with Gasteiger partial charge >= 0.3 is 0 Å². The Morgan fingerprint density at radius 1 is 0.309 bits per heavy atom. The normalized spacial score (nSPS) is 11.0. The SMILES string of the molecule is CCCCCCCCOc1ccc(C#Cc2c3ccc(Br)cc3c(C#Cc3ccc(OCCCCCCCC)c(OCCCCCCCC)c3)c3ccc(Br)cc23)cc1OCCCCCCCC. The fourth-order valence-corrected chi connectivity index (χ4v) is 9.33. The average Bonchev–Trinajstić information content (AvgIpc) is 3.34. The Morgan fingerprint density at radius 3 is 0.956 bits per heavy atom. The molecule has 366 valence electrons. The highest BCUT2D eigenvalue weighted by Gasteiger charge is 2.15. The van der Waals surface area contributed by atoms with Crippen molar-refractivity contribution in [2.45, 2.75) is 182 Å². The molecule has 68 heavy (non-hydrogen) atoms. The Balaban J connectivity index is 1.44. The number of fused-ring (bicyclic) bond motifs is 2. The van der Waals surface area contributed by atoms with E-state index in [9.17, 15) is 0 Å². The Hall–Kier alpha value is -4.10. The summed E-state index contributed by atoms with van der Waals surface area (Å²) in [7, 11) is 0. The van der Waals surface area contributed by atoms with Gasteiger partial charge in [0.1, 0.15) is 0 Å². The van der Waals surface area contributed by atoms with Gasteiger partial charge in [-0.2, -0.15) is 0 Å². The summed E-state index contributed by atoms with van der Waals surface area (Å²) in [5.74, 6) is 17.5. The number of hydrogen-bond donors (Lipinski definition) is 0. The molecule has 0 aliphatic rings. The zero-order valence-corrected chi connectivity index (χ0v) is 45.3. The maximum atomic E-state index is 6.45. The fraction of sp³-hybridized carbons (Fsp3) is 0.516. The number of hydrogen-bond acceptors (Lipinski definition) is 4. The molecule has 0 fully saturated rings. The lowest BCUT2D eigenvalue weighted by Crippen LogP contribution is -2.03. The molecule has 0 N–H and O–H groups in total. The van der Waals surface area contributed by atoms with Crippen molar-refractivity contribution >= 4 is 53.4 Å². The fourth-order valence-electron chi connectivity index (χ4n) is 8.61. The van der Waals surface area contributed by atoms with Crippen LogP contribution in [0.5, 0.6) is 23.0 Å². The summed E-state index contributed by atoms with van der Waals surface area (Å²) in [4.78, 5) is 0. The number of rotatable bonds is 32. The van der Waals surface area contributed by atoms with Gasteiger partial charge in [-0.25, -0.2) is 0 Å². The van der Waals surface area contributed by atoms with Crippen molar-refractivity contribution in [1.82, 2.24) is 0 Å². The summed E-state index contributed by atoms with van der Waals surface area (Å²) in [6.07, 6.45) is 29.3. The molecule has 0 saturated heterocycles. The molecule has 4 nitrogen and oxygen atoms in total. The van der Waals surface area contributed by atoms with Crippen LogP contribution in [0.15, 0.2) is 81.7 Å². The first-order chi connectivity index (χ1) is 33.4. The largest absolute Gasteiger partial charge is 0.490 e. The lowest BCUT2D eigenvalue weighted by atomic mass is 9.91. The predicted molar refractivity (Wildman–Crippen MR) is 297 cm³/mol. The summed E-state index contributed by atoms with van der Waals surface area (Å²) < 4.78 is 27.6. The minimum Gasteiger partial charge on any atom is -0.490 e. The third-order valence-corrected chi connectivity index (χ3v) is 13.6. The lowest BCUT2D eigenvalue weighted by molar-refractivity contribution is 0.258. The topological polar surface area (TPSA) is 36.9 Å². The van der Waals surface area contributed by atoms with Crippen LogP contribution in [0.2, 0.25) is 0 Å². The zero-order valence-electron chi connectivity index (χ0n) is 42.1. The van der Waals surface area contributed by atoms with Gasteiger partial charge in [-0.3, -0.25) is 0 Å². The molecule has 0 spiro atoms. The van der Waals surface area contributed by atoms with Crippen molar-refractivity contribution < 1.29 is 18.9 Å². The molecule has 5 aromatic carbocycles. The summed E-state index contributed by atoms with van der Waals surface area (Å²) in [6, 6.07) is 25.2. The molecular weight excluding hydrogens is 968 g/mol. The highest BCUT2D eigenvalue weighted by Crippen LogP contribution is 2.36. The summed E-state index contributed by atoms with van der Waals surface area (Å²) >= 11 is 7.58. The van der Waals surface area contributed by atoms with Gasteiger partial charge in [-0.1, -0.05) is 224 Å². The minimum absolute atomic E-state index is 0.668. The third-order valence-electron chi connectivity index (χ3n) is 12.6. The smallest absolute Gasteiger partial charge is 0.162 e. The van der Waals surface area contributed by atoms with Gasteiger partial charge < -0.3 is 18.9 Å². The Bertz CT molecular complexity index is 2210. The first kappa shape index (κ1) is 54.8. The molecule has 0 saturated carbocycles. The van der Waals surface area contributed by atoms with Gasteiger partial charge in [-0.05, 0) is 97.1 Å². The average molecular weight is 1050 g/mol. The third kappa shape index (κ3) is 19.0. The van der Waals surface area contributed by atoms with E-state index in [-0.39, 0.29) is 0 Å². The molecule has 0 heterocycles. The first-order valence-electron chi connectivity index (χ1n) is 26.6. The number of ether oxygens (including phenoxy) is 4. The molecule has 0 amide bonds. The van der Waals surface area contributed by atoms with Crippen molar-refractivity contribution in [1.29, 1.82) is 0 Å². The van der Waals surface area contributed by atoms with Crippen LogP contribution < -0.4 is 18.9 Å². The van der Waals surface area contributed by atoms with Crippen LogP contribution in [0.25, 0.3) is 21.5 Å². The van der Waals surface area contributed by atoms with E-state index in [4.69, 9.17) is 18.9 Å². The van der Waals surface area contributed by atoms with Crippen LogP contribution in [0.1, 0.15) is 204 Å². The maximum absolute atomic E-state index is 6.45. The molecule has 0 unspecified atom stereocenters. The quantitative estimate of drug-likeness (QED) is 0.0244. The highest BCUT2D eigenvalue weighted by atomic mass is 79.9. The monoisotopic (exact) mass is 1050 g/mol. The van der Waals surface area contributed by atoms with E-state index >= 15 is 0 Å². The van der Waals surface area contributed by atoms with Crippen LogP contribution in [-0.2, 0) is 0 Å². The summed E-state index contributed by atoms with van der Waals surface area (Å²) in [5, 5.41) is 4.20. The van der Waals surface area contributed by atoms with Crippen molar-refractivity contribution in [3.05, 3.63) is 104 Å². The lowest BCUT2D eigenvalue weighted by Gasteiger charge is -2.14. The molecule has 0 bridgehead atoms. The molecule has 0 radical (unpaired) electrons. The second-order valence-electron chi connectivity index (χ2n) is 18.4. The number of benzene rings is 5. The number of unbranched alkanes of at least 4 members (excludes halogenated alkanes) is 20. The van der Waals surface area contributed by atoms with Gasteiger partial charge in [-0.15, -0.1) is 0 Å². The Kier molecular flexibility index (Phi) is 26.3. The molecule has 5 rings (SSSR count). The van der Waals surface area contributed by atoms with E-state index in [1.165, 1.54) is 128 Å². The van der Waals surface area contributed by atoms with Crippen molar-refractivity contribution in [3.8, 4) is 46.7 Å². The van der Waals surface area contributed by atoms with Crippen LogP contribution in [0.3, 0.4) is 0 Å². The zero-order chi connectivity index (χ0) is 48.0. The van der Waals surface area contributed by atoms with E-state index in [1.807, 2.05) is 12.1 Å². The van der Waals surface area contributed by atoms with E-state index in [0.29, 0.717) is 26.4 Å². The Morgan fingerprint density at radius 2 is 0.618 bits per heavy atom. The second-order valence-corrected chi connectivity index (χ2v) is 20.2. The second kappa shape index (κ2) is 32.7. The van der Waals surface area contributed by atoms with Crippen molar-refractivity contribution in [3.63, 3.8) is 0 Å². The first-order valence-corrected chi connectivity index (χ1v) is 28.2. The predicted octanol–water partition coefficient (Wildman–Crippen LogP) is 19.3. The van der Waals surface area contributed by atoms with Crippen LogP contribution in [0, 0.1) is 23.7 Å². The van der Waals surface area contributed by atoms with Gasteiger partial charge in [0, 0.05) is 42.0 Å². The highest BCUT2D eigenvalue weighted by molar-refractivity contribution is 9.10. The number of halogens is 2. The molecular formula is C62H80Br2O4. The van der Waals surface area contributed by atoms with E-state index in [2.05, 4.69) is 144 Å². The molecule has 0 atom stereocenters. The molecule has 0 aromatic heterocycles. The standard InChI is InChI=1S/C62H80Br2O4/c1-5-9-13-17-21-25-41-65-59-39-31-49(45-61(59)67-43-27-23-19-15-11-7-3)29-35-53-55-37-33-52(64)48-58(55)54(56-38-34-51(63)47-57(53)56)36-30-50-32-40-60(66-42-26-22-18-14-10-6-2)62(46-50)68-44-28-24-20-16-12-8-4/h31-34,37-40,45-48H,5-28,41-44H2,1-4H3. The summed E-state index contributed by atoms with van der Waals surface area (Å²) in [5.41, 5.74) is 3.70. The van der Waals surface area contributed by atoms with Crippen LogP contribution in [-0.4, -0.2) is 26.4 Å². The minimum atomic E-state index is 0.668. The van der Waals surface area contributed by atoms with Gasteiger partial charge in [0.05, 0.1) is 26.4 Å². The Labute approximate surface area is 428 Å². The van der Waals surface area contributed by atoms with Crippen molar-refractivity contribution in [2.75, 3.05) is 26.4 Å². The van der Waals surface area contributed by atoms with Crippen LogP contribution >= 0.6 is 31.9 Å². The van der Waals surface area contributed by atoms with Gasteiger partial charge in [0.15, 0.2) is 23.0 Å². The van der Waals surface area contributed by atoms with Gasteiger partial charge in [0.2, 0.25) is 0 Å². The van der Waals surface area contributed by atoms with E-state index in [0.717, 1.165) is 101 Å². The molecule has 5 aromatic rings. The maximum Gasteiger partial charge on any atom is 0.162 e. The van der Waals surface area contributed by atoms with Gasteiger partial charge in [0.25, 0.3) is 0 Å². The van der Waals surface area contributed by atoms with Crippen molar-refractivity contribution in [2.24, 2.45) is 0 Å². The van der Waals surface area contributed by atoms with E-state index < -0.39 is 0 Å². The summed E-state index contributed by atoms with van der Waals surface area (Å²) in [6.45, 7) is 11.8. The molecule has 0 aliphatic carbocycles. The molecule has 0 aliphatic heterocycles. The molecule has 6 heteroatoms. The van der Waals surface area contributed by atoms with Crippen LogP contribution in [0.4, 0.5) is 0 Å².